The molecule has 0 unspecified atom stereocenters. The van der Waals surface area contributed by atoms with Gasteiger partial charge in [0.25, 0.3) is 3.79 Å². The fourth-order valence-electron chi connectivity index (χ4n) is 1.75. The van der Waals surface area contributed by atoms with Crippen molar-refractivity contribution in [2.24, 2.45) is 0 Å². The van der Waals surface area contributed by atoms with Crippen molar-refractivity contribution in [3.8, 4) is 5.75 Å². The lowest BCUT2D eigenvalue weighted by Crippen LogP contribution is -2.26. The SMILES string of the molecule is CC(C)c1cccc(C(C)C)c1OC(=O)C(Cl)(Cl)Cl. The predicted octanol–water partition coefficient (Wildman–Crippen LogP) is 5.21. The van der Waals surface area contributed by atoms with Gasteiger partial charge in [-0.05, 0) is 23.0 Å². The van der Waals surface area contributed by atoms with E-state index in [1.165, 1.54) is 0 Å². The van der Waals surface area contributed by atoms with Gasteiger partial charge in [0.2, 0.25) is 0 Å². The highest BCUT2D eigenvalue weighted by atomic mass is 35.6. The molecule has 19 heavy (non-hydrogen) atoms. The van der Waals surface area contributed by atoms with Gasteiger partial charge < -0.3 is 4.74 Å². The minimum atomic E-state index is -2.07. The van der Waals surface area contributed by atoms with Gasteiger partial charge >= 0.3 is 5.97 Å². The third-order valence-electron chi connectivity index (χ3n) is 2.75. The molecular formula is C14H17Cl3O2. The highest BCUT2D eigenvalue weighted by Gasteiger charge is 2.34. The van der Waals surface area contributed by atoms with Gasteiger partial charge in [-0.15, -0.1) is 0 Å². The van der Waals surface area contributed by atoms with E-state index in [9.17, 15) is 4.79 Å². The van der Waals surface area contributed by atoms with Gasteiger partial charge in [-0.2, -0.15) is 0 Å². The maximum absolute atomic E-state index is 11.8. The van der Waals surface area contributed by atoms with E-state index in [1.807, 2.05) is 45.9 Å². The van der Waals surface area contributed by atoms with Gasteiger partial charge in [-0.1, -0.05) is 80.7 Å². The number of carbonyl (C=O) groups is 1. The van der Waals surface area contributed by atoms with E-state index in [0.717, 1.165) is 11.1 Å². The zero-order valence-electron chi connectivity index (χ0n) is 11.3. The lowest BCUT2D eigenvalue weighted by atomic mass is 9.94. The molecule has 0 bridgehead atoms. The Bertz CT molecular complexity index is 436. The van der Waals surface area contributed by atoms with Crippen LogP contribution in [0.5, 0.6) is 5.75 Å². The number of rotatable bonds is 3. The van der Waals surface area contributed by atoms with Gasteiger partial charge in [0.1, 0.15) is 5.75 Å². The molecule has 0 saturated carbocycles. The molecule has 0 aliphatic rings. The molecule has 0 aliphatic carbocycles. The van der Waals surface area contributed by atoms with Crippen LogP contribution in [0.25, 0.3) is 0 Å². The maximum Gasteiger partial charge on any atom is 0.363 e. The number of alkyl halides is 3. The van der Waals surface area contributed by atoms with Crippen molar-refractivity contribution in [1.82, 2.24) is 0 Å². The van der Waals surface area contributed by atoms with E-state index in [1.54, 1.807) is 0 Å². The second-order valence-corrected chi connectivity index (χ2v) is 7.24. The molecule has 0 spiro atoms. The summed E-state index contributed by atoms with van der Waals surface area (Å²) in [4.78, 5) is 11.8. The molecule has 0 fully saturated rings. The summed E-state index contributed by atoms with van der Waals surface area (Å²) in [5.41, 5.74) is 1.85. The Balaban J connectivity index is 3.26. The Morgan fingerprint density at radius 1 is 1.05 bits per heavy atom. The van der Waals surface area contributed by atoms with Crippen molar-refractivity contribution in [2.45, 2.75) is 43.3 Å². The molecule has 0 atom stereocenters. The van der Waals surface area contributed by atoms with Gasteiger partial charge in [-0.25, -0.2) is 4.79 Å². The van der Waals surface area contributed by atoms with Crippen molar-refractivity contribution in [2.75, 3.05) is 0 Å². The lowest BCUT2D eigenvalue weighted by Gasteiger charge is -2.20. The van der Waals surface area contributed by atoms with Crippen molar-refractivity contribution >= 4 is 40.8 Å². The quantitative estimate of drug-likeness (QED) is 0.433. The second kappa shape index (κ2) is 6.34. The third kappa shape index (κ3) is 4.27. The number of para-hydroxylation sites is 1. The third-order valence-corrected chi connectivity index (χ3v) is 3.21. The fourth-order valence-corrected chi connectivity index (χ4v) is 1.87. The highest BCUT2D eigenvalue weighted by Crippen LogP contribution is 2.37. The smallest absolute Gasteiger partial charge is 0.363 e. The summed E-state index contributed by atoms with van der Waals surface area (Å²) in [5, 5.41) is 0. The second-order valence-electron chi connectivity index (χ2n) is 4.96. The van der Waals surface area contributed by atoms with Crippen molar-refractivity contribution in [1.29, 1.82) is 0 Å². The minimum Gasteiger partial charge on any atom is -0.423 e. The number of carbonyl (C=O) groups excluding carboxylic acids is 1. The number of halogens is 3. The van der Waals surface area contributed by atoms with E-state index in [0.29, 0.717) is 5.75 Å². The summed E-state index contributed by atoms with van der Waals surface area (Å²) < 4.78 is 3.26. The van der Waals surface area contributed by atoms with Crippen LogP contribution in [-0.2, 0) is 4.79 Å². The lowest BCUT2D eigenvalue weighted by molar-refractivity contribution is -0.133. The zero-order valence-corrected chi connectivity index (χ0v) is 13.6. The molecule has 1 aromatic rings. The normalized spacial score (nSPS) is 12.1. The molecular weight excluding hydrogens is 307 g/mol. The van der Waals surface area contributed by atoms with Crippen LogP contribution in [-0.4, -0.2) is 9.76 Å². The minimum absolute atomic E-state index is 0.205. The van der Waals surface area contributed by atoms with Crippen molar-refractivity contribution in [3.63, 3.8) is 0 Å². The van der Waals surface area contributed by atoms with E-state index in [4.69, 9.17) is 39.5 Å². The largest absolute Gasteiger partial charge is 0.423 e. The highest BCUT2D eigenvalue weighted by molar-refractivity contribution is 6.75. The molecule has 1 rings (SSSR count). The molecule has 106 valence electrons. The standard InChI is InChI=1S/C14H17Cl3O2/c1-8(2)10-6-5-7-11(9(3)4)12(10)19-13(18)14(15,16)17/h5-9H,1-4H3. The van der Waals surface area contributed by atoms with Crippen LogP contribution < -0.4 is 4.74 Å². The fraction of sp³-hybridized carbons (Fsp3) is 0.500. The monoisotopic (exact) mass is 322 g/mol. The van der Waals surface area contributed by atoms with Crippen LogP contribution >= 0.6 is 34.8 Å². The topological polar surface area (TPSA) is 26.3 Å². The number of esters is 1. The van der Waals surface area contributed by atoms with Gasteiger partial charge in [0.15, 0.2) is 0 Å². The van der Waals surface area contributed by atoms with Crippen LogP contribution in [0.3, 0.4) is 0 Å². The van der Waals surface area contributed by atoms with E-state index >= 15 is 0 Å². The molecule has 0 saturated heterocycles. The molecule has 5 heteroatoms. The zero-order chi connectivity index (χ0) is 14.8. The maximum atomic E-state index is 11.8. The summed E-state index contributed by atoms with van der Waals surface area (Å²) in [6, 6.07) is 5.77. The van der Waals surface area contributed by atoms with Crippen molar-refractivity contribution < 1.29 is 9.53 Å². The van der Waals surface area contributed by atoms with Crippen LogP contribution in [0.15, 0.2) is 18.2 Å². The van der Waals surface area contributed by atoms with Gasteiger partial charge in [-0.3, -0.25) is 0 Å². The number of benzene rings is 1. The molecule has 0 N–H and O–H groups in total. The molecule has 0 amide bonds. The summed E-state index contributed by atoms with van der Waals surface area (Å²) in [6.45, 7) is 8.08. The molecule has 2 nitrogen and oxygen atoms in total. The van der Waals surface area contributed by atoms with E-state index in [-0.39, 0.29) is 11.8 Å². The summed E-state index contributed by atoms with van der Waals surface area (Å²) >= 11 is 16.7. The summed E-state index contributed by atoms with van der Waals surface area (Å²) in [7, 11) is 0. The Morgan fingerprint density at radius 3 is 1.79 bits per heavy atom. The Hall–Kier alpha value is -0.440. The molecule has 0 aromatic heterocycles. The number of ether oxygens (including phenoxy) is 1. The summed E-state index contributed by atoms with van der Waals surface area (Å²) in [6.07, 6.45) is 0. The molecule has 0 heterocycles. The summed E-state index contributed by atoms with van der Waals surface area (Å²) in [5.74, 6) is 0.0325. The van der Waals surface area contributed by atoms with Crippen LogP contribution in [0.4, 0.5) is 0 Å². The first-order valence-corrected chi connectivity index (χ1v) is 7.19. The van der Waals surface area contributed by atoms with Crippen LogP contribution in [0.1, 0.15) is 50.7 Å². The first kappa shape index (κ1) is 16.6. The Kier molecular flexibility index (Phi) is 5.54. The van der Waals surface area contributed by atoms with E-state index < -0.39 is 9.76 Å². The molecule has 1 aromatic carbocycles. The first-order chi connectivity index (χ1) is 8.64. The van der Waals surface area contributed by atoms with Gasteiger partial charge in [0, 0.05) is 0 Å². The molecule has 0 radical (unpaired) electrons. The number of hydrogen-bond donors (Lipinski definition) is 0. The number of hydrogen-bond acceptors (Lipinski definition) is 2. The Morgan fingerprint density at radius 2 is 1.47 bits per heavy atom. The Labute approximate surface area is 129 Å². The van der Waals surface area contributed by atoms with Crippen LogP contribution in [0.2, 0.25) is 0 Å². The average molecular weight is 324 g/mol. The van der Waals surface area contributed by atoms with E-state index in [2.05, 4.69) is 0 Å². The van der Waals surface area contributed by atoms with Crippen molar-refractivity contribution in [3.05, 3.63) is 29.3 Å². The predicted molar refractivity (Wildman–Crippen MR) is 80.5 cm³/mol. The molecule has 0 aliphatic heterocycles. The average Bonchev–Trinajstić information content (AvgIpc) is 2.27. The first-order valence-electron chi connectivity index (χ1n) is 6.06. The van der Waals surface area contributed by atoms with Crippen LogP contribution in [0, 0.1) is 0 Å². The van der Waals surface area contributed by atoms with Gasteiger partial charge in [0.05, 0.1) is 0 Å².